The predicted molar refractivity (Wildman–Crippen MR) is 86.2 cm³/mol. The third-order valence-electron chi connectivity index (χ3n) is 4.65. The number of carbonyl (C=O) groups excluding carboxylic acids is 1. The van der Waals surface area contributed by atoms with Gasteiger partial charge in [-0.15, -0.1) is 0 Å². The van der Waals surface area contributed by atoms with Gasteiger partial charge >= 0.3 is 0 Å². The molecule has 4 heteroatoms. The van der Waals surface area contributed by atoms with Gasteiger partial charge in [0.15, 0.2) is 0 Å². The van der Waals surface area contributed by atoms with E-state index in [1.807, 2.05) is 36.2 Å². The number of nitrogens with zero attached hydrogens (tertiary/aromatic N) is 1. The van der Waals surface area contributed by atoms with Crippen LogP contribution in [0.4, 0.5) is 5.69 Å². The lowest BCUT2D eigenvalue weighted by atomic mass is 9.86. The minimum absolute atomic E-state index is 0.0730. The maximum atomic E-state index is 12.7. The zero-order valence-electron chi connectivity index (χ0n) is 12.7. The first-order valence-electron chi connectivity index (χ1n) is 7.70. The number of aromatic nitrogens is 1. The molecule has 1 aliphatic rings. The average molecular weight is 285 g/mol. The van der Waals surface area contributed by atoms with Crippen LogP contribution in [0.15, 0.2) is 24.3 Å². The largest absolute Gasteiger partial charge is 0.399 e. The molecule has 112 valence electrons. The zero-order valence-corrected chi connectivity index (χ0v) is 12.7. The highest BCUT2D eigenvalue weighted by Gasteiger charge is 2.26. The Balaban J connectivity index is 1.82. The quantitative estimate of drug-likeness (QED) is 0.831. The fraction of sp³-hybridized carbons (Fsp3) is 0.471. The van der Waals surface area contributed by atoms with E-state index in [9.17, 15) is 4.79 Å². The zero-order chi connectivity index (χ0) is 15.0. The maximum absolute atomic E-state index is 12.7. The maximum Gasteiger partial charge on any atom is 0.270 e. The van der Waals surface area contributed by atoms with Crippen molar-refractivity contribution in [2.45, 2.75) is 38.6 Å². The van der Waals surface area contributed by atoms with Gasteiger partial charge in [0.2, 0.25) is 0 Å². The Bertz CT molecular complexity index is 661. The molecule has 1 saturated carbocycles. The molecule has 0 aliphatic heterocycles. The first-order chi connectivity index (χ1) is 10.0. The van der Waals surface area contributed by atoms with Crippen molar-refractivity contribution in [1.82, 2.24) is 9.88 Å². The van der Waals surface area contributed by atoms with Gasteiger partial charge in [-0.3, -0.25) is 4.79 Å². The Morgan fingerprint density at radius 3 is 2.90 bits per heavy atom. The molecule has 1 aromatic carbocycles. The number of hydrogen-bond acceptors (Lipinski definition) is 2. The van der Waals surface area contributed by atoms with E-state index >= 15 is 0 Å². The molecule has 0 bridgehead atoms. The number of nitrogen functional groups attached to an aromatic ring is 1. The fourth-order valence-corrected chi connectivity index (χ4v) is 3.38. The summed E-state index contributed by atoms with van der Waals surface area (Å²) in [6.45, 7) is 2.27. The van der Waals surface area contributed by atoms with E-state index < -0.39 is 0 Å². The Morgan fingerprint density at radius 1 is 1.33 bits per heavy atom. The van der Waals surface area contributed by atoms with Crippen molar-refractivity contribution in [3.63, 3.8) is 0 Å². The van der Waals surface area contributed by atoms with Gasteiger partial charge in [0.25, 0.3) is 5.91 Å². The normalized spacial score (nSPS) is 22.4. The van der Waals surface area contributed by atoms with Crippen molar-refractivity contribution >= 4 is 22.5 Å². The molecule has 0 saturated heterocycles. The first kappa shape index (κ1) is 14.0. The molecule has 2 atom stereocenters. The Labute approximate surface area is 125 Å². The van der Waals surface area contributed by atoms with Crippen molar-refractivity contribution in [1.29, 1.82) is 0 Å². The Hall–Kier alpha value is -1.97. The number of hydrogen-bond donors (Lipinski definition) is 2. The van der Waals surface area contributed by atoms with Crippen molar-refractivity contribution in [2.75, 3.05) is 12.8 Å². The third-order valence-corrected chi connectivity index (χ3v) is 4.65. The van der Waals surface area contributed by atoms with Gasteiger partial charge in [0, 0.05) is 29.7 Å². The van der Waals surface area contributed by atoms with Crippen LogP contribution >= 0.6 is 0 Å². The topological polar surface area (TPSA) is 62.1 Å². The van der Waals surface area contributed by atoms with Crippen LogP contribution in [-0.2, 0) is 0 Å². The minimum atomic E-state index is 0.0730. The molecule has 0 spiro atoms. The summed E-state index contributed by atoms with van der Waals surface area (Å²) in [4.78, 5) is 17.8. The number of benzene rings is 1. The number of anilines is 1. The van der Waals surface area contributed by atoms with E-state index in [2.05, 4.69) is 11.9 Å². The molecule has 2 aromatic rings. The summed E-state index contributed by atoms with van der Waals surface area (Å²) >= 11 is 0. The number of fused-ring (bicyclic) bond motifs is 1. The summed E-state index contributed by atoms with van der Waals surface area (Å²) in [6.07, 6.45) is 4.71. The van der Waals surface area contributed by atoms with Crippen LogP contribution in [0, 0.1) is 5.92 Å². The summed E-state index contributed by atoms with van der Waals surface area (Å²) in [5.41, 5.74) is 8.12. The van der Waals surface area contributed by atoms with Gasteiger partial charge in [-0.05, 0) is 43.0 Å². The van der Waals surface area contributed by atoms with E-state index in [-0.39, 0.29) is 5.91 Å². The molecule has 2 unspecified atom stereocenters. The molecular weight excluding hydrogens is 262 g/mol. The number of H-pyrrole nitrogens is 1. The van der Waals surface area contributed by atoms with Gasteiger partial charge in [0.05, 0.1) is 0 Å². The second-order valence-electron chi connectivity index (χ2n) is 6.37. The second kappa shape index (κ2) is 5.43. The highest BCUT2D eigenvalue weighted by Crippen LogP contribution is 2.28. The van der Waals surface area contributed by atoms with Crippen LogP contribution in [0.25, 0.3) is 10.9 Å². The number of aromatic amines is 1. The molecule has 1 aliphatic carbocycles. The lowest BCUT2D eigenvalue weighted by Crippen LogP contribution is -2.39. The van der Waals surface area contributed by atoms with E-state index in [0.717, 1.165) is 29.4 Å². The van der Waals surface area contributed by atoms with Gasteiger partial charge in [0.1, 0.15) is 5.69 Å². The molecular formula is C17H23N3O. The van der Waals surface area contributed by atoms with E-state index in [4.69, 9.17) is 5.73 Å². The molecule has 4 nitrogen and oxygen atoms in total. The lowest BCUT2D eigenvalue weighted by Gasteiger charge is -2.33. The second-order valence-corrected chi connectivity index (χ2v) is 6.37. The highest BCUT2D eigenvalue weighted by atomic mass is 16.2. The van der Waals surface area contributed by atoms with E-state index in [1.54, 1.807) is 0 Å². The summed E-state index contributed by atoms with van der Waals surface area (Å²) in [7, 11) is 1.92. The smallest absolute Gasteiger partial charge is 0.270 e. The predicted octanol–water partition coefficient (Wildman–Crippen LogP) is 3.40. The van der Waals surface area contributed by atoms with Gasteiger partial charge in [-0.2, -0.15) is 0 Å². The van der Waals surface area contributed by atoms with Crippen LogP contribution < -0.4 is 5.73 Å². The molecule has 3 rings (SSSR count). The number of rotatable bonds is 2. The van der Waals surface area contributed by atoms with Crippen LogP contribution in [0.5, 0.6) is 0 Å². The number of amides is 1. The molecule has 0 radical (unpaired) electrons. The van der Waals surface area contributed by atoms with Crippen molar-refractivity contribution in [2.24, 2.45) is 5.92 Å². The van der Waals surface area contributed by atoms with Crippen molar-refractivity contribution < 1.29 is 4.79 Å². The summed E-state index contributed by atoms with van der Waals surface area (Å²) < 4.78 is 0. The first-order valence-corrected chi connectivity index (χ1v) is 7.70. The van der Waals surface area contributed by atoms with Gasteiger partial charge in [-0.1, -0.05) is 19.8 Å². The number of nitrogens with two attached hydrogens (primary N) is 1. The van der Waals surface area contributed by atoms with E-state index in [0.29, 0.717) is 17.7 Å². The molecule has 1 aromatic heterocycles. The van der Waals surface area contributed by atoms with Gasteiger partial charge < -0.3 is 15.6 Å². The van der Waals surface area contributed by atoms with Crippen molar-refractivity contribution in [3.05, 3.63) is 30.0 Å². The summed E-state index contributed by atoms with van der Waals surface area (Å²) in [5, 5.41) is 0.990. The van der Waals surface area contributed by atoms with Crippen LogP contribution in [0.2, 0.25) is 0 Å². The number of nitrogens with one attached hydrogen (secondary N) is 1. The Kier molecular flexibility index (Phi) is 3.62. The van der Waals surface area contributed by atoms with E-state index in [1.165, 1.54) is 12.8 Å². The monoisotopic (exact) mass is 285 g/mol. The molecule has 3 N–H and O–H groups in total. The summed E-state index contributed by atoms with van der Waals surface area (Å²) in [5.74, 6) is 0.783. The number of carbonyl (C=O) groups is 1. The fourth-order valence-electron chi connectivity index (χ4n) is 3.38. The van der Waals surface area contributed by atoms with Gasteiger partial charge in [-0.25, -0.2) is 0 Å². The minimum Gasteiger partial charge on any atom is -0.399 e. The van der Waals surface area contributed by atoms with Crippen LogP contribution in [0.3, 0.4) is 0 Å². The Morgan fingerprint density at radius 2 is 2.14 bits per heavy atom. The van der Waals surface area contributed by atoms with Crippen LogP contribution in [0.1, 0.15) is 43.1 Å². The standard InChI is InChI=1S/C17H23N3O/c1-11-4-3-5-14(8-11)20(2)17(21)16-10-12-9-13(18)6-7-15(12)19-16/h6-7,9-11,14,19H,3-5,8,18H2,1-2H3. The molecule has 1 amide bonds. The molecule has 21 heavy (non-hydrogen) atoms. The molecule has 1 heterocycles. The SMILES string of the molecule is CC1CCCC(N(C)C(=O)c2cc3cc(N)ccc3[nH]2)C1. The highest BCUT2D eigenvalue weighted by molar-refractivity contribution is 5.98. The van der Waals surface area contributed by atoms with Crippen molar-refractivity contribution in [3.8, 4) is 0 Å². The average Bonchev–Trinajstić information content (AvgIpc) is 2.88. The molecule has 1 fully saturated rings. The third kappa shape index (κ3) is 2.75. The lowest BCUT2D eigenvalue weighted by molar-refractivity contribution is 0.0667. The van der Waals surface area contributed by atoms with Crippen LogP contribution in [-0.4, -0.2) is 28.9 Å². The summed E-state index contributed by atoms with van der Waals surface area (Å²) in [6, 6.07) is 7.92.